The van der Waals surface area contributed by atoms with Gasteiger partial charge in [0.15, 0.2) is 0 Å². The third-order valence-electron chi connectivity index (χ3n) is 3.45. The lowest BCUT2D eigenvalue weighted by Gasteiger charge is -2.25. The van der Waals surface area contributed by atoms with Crippen molar-refractivity contribution in [2.45, 2.75) is 38.1 Å². The summed E-state index contributed by atoms with van der Waals surface area (Å²) in [4.78, 5) is 13.8. The highest BCUT2D eigenvalue weighted by Gasteiger charge is 2.22. The molecule has 0 spiro atoms. The number of primary sulfonamides is 1. The number of amides is 1. The number of halogens is 1. The van der Waals surface area contributed by atoms with Crippen LogP contribution in [0, 0.1) is 6.92 Å². The summed E-state index contributed by atoms with van der Waals surface area (Å²) in [6.07, 6.45) is 0.796. The molecule has 20 heavy (non-hydrogen) atoms. The fraction of sp³-hybridized carbons (Fsp3) is 0.462. The summed E-state index contributed by atoms with van der Waals surface area (Å²) in [6, 6.07) is 2.57. The van der Waals surface area contributed by atoms with Gasteiger partial charge in [-0.15, -0.1) is 0 Å². The normalized spacial score (nSPS) is 13.1. The molecular weight excluding hydrogens is 300 g/mol. The Labute approximate surface area is 124 Å². The predicted molar refractivity (Wildman–Crippen MR) is 79.4 cm³/mol. The molecule has 0 radical (unpaired) electrons. The van der Waals surface area contributed by atoms with Crippen LogP contribution in [-0.4, -0.2) is 32.3 Å². The van der Waals surface area contributed by atoms with Gasteiger partial charge < -0.3 is 4.90 Å². The second-order valence-electron chi connectivity index (χ2n) is 4.80. The van der Waals surface area contributed by atoms with Gasteiger partial charge in [-0.05, 0) is 38.0 Å². The third kappa shape index (κ3) is 3.50. The van der Waals surface area contributed by atoms with Crippen LogP contribution in [0.4, 0.5) is 0 Å². The predicted octanol–water partition coefficient (Wildman–Crippen LogP) is 2.17. The van der Waals surface area contributed by atoms with Crippen molar-refractivity contribution in [2.75, 3.05) is 7.05 Å². The summed E-state index contributed by atoms with van der Waals surface area (Å²) < 4.78 is 22.9. The first-order valence-electron chi connectivity index (χ1n) is 6.19. The SMILES string of the molecule is CCC(C)N(C)C(=O)c1cc(S(N)(=O)=O)cc(Cl)c1C. The molecule has 0 heterocycles. The molecule has 1 atom stereocenters. The van der Waals surface area contributed by atoms with Crippen LogP contribution < -0.4 is 5.14 Å². The van der Waals surface area contributed by atoms with E-state index in [1.165, 1.54) is 12.1 Å². The zero-order valence-electron chi connectivity index (χ0n) is 12.0. The summed E-state index contributed by atoms with van der Waals surface area (Å²) >= 11 is 6.00. The maximum atomic E-state index is 12.4. The average Bonchev–Trinajstić information content (AvgIpc) is 2.37. The Balaban J connectivity index is 3.38. The number of hydrogen-bond donors (Lipinski definition) is 1. The van der Waals surface area contributed by atoms with Crippen LogP contribution in [0.3, 0.4) is 0 Å². The molecule has 7 heteroatoms. The highest BCUT2D eigenvalue weighted by Crippen LogP contribution is 2.25. The Morgan fingerprint density at radius 3 is 2.45 bits per heavy atom. The summed E-state index contributed by atoms with van der Waals surface area (Å²) in [5.41, 5.74) is 0.795. The minimum Gasteiger partial charge on any atom is -0.339 e. The van der Waals surface area contributed by atoms with Gasteiger partial charge in [0.2, 0.25) is 10.0 Å². The van der Waals surface area contributed by atoms with E-state index in [-0.39, 0.29) is 27.4 Å². The quantitative estimate of drug-likeness (QED) is 0.923. The van der Waals surface area contributed by atoms with Gasteiger partial charge in [0, 0.05) is 23.7 Å². The molecule has 0 aromatic heterocycles. The number of carbonyl (C=O) groups is 1. The minimum absolute atomic E-state index is 0.0406. The van der Waals surface area contributed by atoms with Crippen molar-refractivity contribution >= 4 is 27.5 Å². The van der Waals surface area contributed by atoms with Crippen LogP contribution in [-0.2, 0) is 10.0 Å². The lowest BCUT2D eigenvalue weighted by molar-refractivity contribution is 0.0739. The van der Waals surface area contributed by atoms with E-state index in [1.807, 2.05) is 13.8 Å². The molecule has 0 saturated carbocycles. The Morgan fingerprint density at radius 1 is 1.45 bits per heavy atom. The average molecular weight is 319 g/mol. The molecule has 0 aliphatic rings. The first-order valence-corrected chi connectivity index (χ1v) is 8.12. The number of nitrogens with two attached hydrogens (primary N) is 1. The summed E-state index contributed by atoms with van der Waals surface area (Å²) in [5, 5.41) is 5.30. The monoisotopic (exact) mass is 318 g/mol. The lowest BCUT2D eigenvalue weighted by atomic mass is 10.1. The highest BCUT2D eigenvalue weighted by molar-refractivity contribution is 7.89. The van der Waals surface area contributed by atoms with Crippen molar-refractivity contribution in [1.82, 2.24) is 4.90 Å². The van der Waals surface area contributed by atoms with Crippen LogP contribution in [0.1, 0.15) is 36.2 Å². The smallest absolute Gasteiger partial charge is 0.254 e. The number of hydrogen-bond acceptors (Lipinski definition) is 3. The van der Waals surface area contributed by atoms with Crippen molar-refractivity contribution in [1.29, 1.82) is 0 Å². The Morgan fingerprint density at radius 2 is 2.00 bits per heavy atom. The zero-order valence-corrected chi connectivity index (χ0v) is 13.5. The largest absolute Gasteiger partial charge is 0.339 e. The van der Waals surface area contributed by atoms with Gasteiger partial charge in [0.05, 0.1) is 4.90 Å². The molecule has 0 saturated heterocycles. The molecule has 1 aromatic carbocycles. The molecule has 1 amide bonds. The second-order valence-corrected chi connectivity index (χ2v) is 6.76. The molecule has 1 unspecified atom stereocenters. The summed E-state index contributed by atoms with van der Waals surface area (Å²) in [5.74, 6) is -0.274. The first-order chi connectivity index (χ1) is 9.09. The van der Waals surface area contributed by atoms with Gasteiger partial charge in [-0.2, -0.15) is 0 Å². The standard InChI is InChI=1S/C13H19ClN2O3S/c1-5-8(2)16(4)13(17)11-6-10(20(15,18)19)7-12(14)9(11)3/h6-8H,5H2,1-4H3,(H2,15,18,19). The summed E-state index contributed by atoms with van der Waals surface area (Å²) in [7, 11) is -2.23. The van der Waals surface area contributed by atoms with E-state index in [1.54, 1.807) is 18.9 Å². The van der Waals surface area contributed by atoms with Crippen molar-refractivity contribution in [2.24, 2.45) is 5.14 Å². The highest BCUT2D eigenvalue weighted by atomic mass is 35.5. The molecule has 1 aromatic rings. The molecule has 0 fully saturated rings. The van der Waals surface area contributed by atoms with Crippen LogP contribution in [0.2, 0.25) is 5.02 Å². The van der Waals surface area contributed by atoms with Gasteiger partial charge in [0.25, 0.3) is 5.91 Å². The summed E-state index contributed by atoms with van der Waals surface area (Å²) in [6.45, 7) is 5.56. The molecular formula is C13H19ClN2O3S. The number of nitrogens with zero attached hydrogens (tertiary/aromatic N) is 1. The van der Waals surface area contributed by atoms with Gasteiger partial charge >= 0.3 is 0 Å². The first kappa shape index (κ1) is 16.9. The second kappa shape index (κ2) is 6.11. The Hall–Kier alpha value is -1.11. The van der Waals surface area contributed by atoms with Crippen LogP contribution in [0.5, 0.6) is 0 Å². The molecule has 0 aliphatic heterocycles. The van der Waals surface area contributed by atoms with Crippen molar-refractivity contribution in [3.8, 4) is 0 Å². The van der Waals surface area contributed by atoms with Gasteiger partial charge in [-0.25, -0.2) is 13.6 Å². The van der Waals surface area contributed by atoms with Crippen LogP contribution in [0.25, 0.3) is 0 Å². The van der Waals surface area contributed by atoms with E-state index in [0.717, 1.165) is 6.42 Å². The van der Waals surface area contributed by atoms with Gasteiger partial charge in [-0.3, -0.25) is 4.79 Å². The number of carbonyl (C=O) groups excluding carboxylic acids is 1. The van der Waals surface area contributed by atoms with Crippen molar-refractivity contribution < 1.29 is 13.2 Å². The number of benzene rings is 1. The molecule has 1 rings (SSSR count). The van der Waals surface area contributed by atoms with E-state index < -0.39 is 10.0 Å². The number of rotatable bonds is 4. The molecule has 0 aliphatic carbocycles. The Bertz CT molecular complexity index is 629. The molecule has 5 nitrogen and oxygen atoms in total. The maximum Gasteiger partial charge on any atom is 0.254 e. The molecule has 2 N–H and O–H groups in total. The van der Waals surface area contributed by atoms with E-state index in [2.05, 4.69) is 0 Å². The molecule has 112 valence electrons. The van der Waals surface area contributed by atoms with E-state index in [9.17, 15) is 13.2 Å². The third-order valence-corrected chi connectivity index (χ3v) is 4.73. The van der Waals surface area contributed by atoms with Crippen LogP contribution in [0.15, 0.2) is 17.0 Å². The Kier molecular flexibility index (Phi) is 5.18. The van der Waals surface area contributed by atoms with Crippen LogP contribution >= 0.6 is 11.6 Å². The molecule has 0 bridgehead atoms. The van der Waals surface area contributed by atoms with E-state index in [0.29, 0.717) is 5.56 Å². The van der Waals surface area contributed by atoms with Crippen molar-refractivity contribution in [3.63, 3.8) is 0 Å². The fourth-order valence-corrected chi connectivity index (χ4v) is 2.55. The van der Waals surface area contributed by atoms with E-state index in [4.69, 9.17) is 16.7 Å². The maximum absolute atomic E-state index is 12.4. The lowest BCUT2D eigenvalue weighted by Crippen LogP contribution is -2.35. The minimum atomic E-state index is -3.90. The van der Waals surface area contributed by atoms with E-state index >= 15 is 0 Å². The van der Waals surface area contributed by atoms with Gasteiger partial charge in [-0.1, -0.05) is 18.5 Å². The number of sulfonamides is 1. The van der Waals surface area contributed by atoms with Crippen molar-refractivity contribution in [3.05, 3.63) is 28.3 Å². The zero-order chi connectivity index (χ0) is 15.7. The van der Waals surface area contributed by atoms with Gasteiger partial charge in [0.1, 0.15) is 0 Å². The fourth-order valence-electron chi connectivity index (χ4n) is 1.70. The topological polar surface area (TPSA) is 80.5 Å².